The number of carbonyl (C=O) groups excluding carboxylic acids is 2. The average molecular weight is 444 g/mol. The molecular weight excluding hydrogens is 418 g/mol. The van der Waals surface area contributed by atoms with Gasteiger partial charge in [-0.25, -0.2) is 4.79 Å². The zero-order valence-corrected chi connectivity index (χ0v) is 18.6. The van der Waals surface area contributed by atoms with E-state index in [9.17, 15) is 9.59 Å². The van der Waals surface area contributed by atoms with E-state index in [1.165, 1.54) is 5.56 Å². The zero-order chi connectivity index (χ0) is 20.7. The van der Waals surface area contributed by atoms with Crippen molar-refractivity contribution in [1.29, 1.82) is 0 Å². The van der Waals surface area contributed by atoms with Gasteiger partial charge >= 0.3 is 11.9 Å². The second-order valence-corrected chi connectivity index (χ2v) is 9.13. The highest BCUT2D eigenvalue weighted by atomic mass is 79.9. The first-order chi connectivity index (χ1) is 13.1. The molecule has 0 radical (unpaired) electrons. The van der Waals surface area contributed by atoms with E-state index in [1.54, 1.807) is 11.8 Å². The monoisotopic (exact) mass is 443 g/mol. The molecule has 0 spiro atoms. The van der Waals surface area contributed by atoms with Crippen molar-refractivity contribution < 1.29 is 14.3 Å². The maximum atomic E-state index is 13.0. The Morgan fingerprint density at radius 2 is 1.75 bits per heavy atom. The van der Waals surface area contributed by atoms with E-state index in [4.69, 9.17) is 4.74 Å². The molecule has 1 atom stereocenters. The number of esters is 1. The number of ether oxygens (including phenoxy) is 1. The van der Waals surface area contributed by atoms with E-state index < -0.39 is 17.4 Å². The molecule has 0 saturated carbocycles. The van der Waals surface area contributed by atoms with Crippen molar-refractivity contribution in [2.75, 3.05) is 11.5 Å². The summed E-state index contributed by atoms with van der Waals surface area (Å²) >= 11 is 3.51. The molecule has 0 N–H and O–H groups in total. The first kappa shape index (κ1) is 20.6. The summed E-state index contributed by atoms with van der Waals surface area (Å²) in [5.41, 5.74) is 3.26. The Bertz CT molecular complexity index is 920. The van der Waals surface area contributed by atoms with Gasteiger partial charge in [0.25, 0.3) is 0 Å². The van der Waals surface area contributed by atoms with Crippen molar-refractivity contribution in [1.82, 2.24) is 0 Å². The van der Waals surface area contributed by atoms with Crippen LogP contribution in [-0.2, 0) is 19.7 Å². The standard InChI is InChI=1S/C23H26BrNO3/c1-6-28-21(27)20(26)25-19-12-7-15(2)13-18(19)23(5,14-22(25,3)4)16-8-10-17(24)11-9-16/h7-13H,6,14H2,1-5H3/t23-/m1/s1. The lowest BCUT2D eigenvalue weighted by Crippen LogP contribution is -2.57. The van der Waals surface area contributed by atoms with Crippen molar-refractivity contribution in [3.8, 4) is 0 Å². The van der Waals surface area contributed by atoms with Crippen molar-refractivity contribution >= 4 is 33.5 Å². The summed E-state index contributed by atoms with van der Waals surface area (Å²) in [5.74, 6) is -1.43. The van der Waals surface area contributed by atoms with Gasteiger partial charge in [0.2, 0.25) is 0 Å². The molecule has 5 heteroatoms. The van der Waals surface area contributed by atoms with E-state index in [1.807, 2.05) is 45.0 Å². The number of nitrogens with zero attached hydrogens (tertiary/aromatic N) is 1. The number of fused-ring (bicyclic) bond motifs is 1. The smallest absolute Gasteiger partial charge is 0.397 e. The van der Waals surface area contributed by atoms with E-state index in [-0.39, 0.29) is 12.0 Å². The molecule has 0 aliphatic carbocycles. The van der Waals surface area contributed by atoms with Crippen molar-refractivity contribution in [2.24, 2.45) is 0 Å². The summed E-state index contributed by atoms with van der Waals surface area (Å²) in [6.07, 6.45) is 0.684. The van der Waals surface area contributed by atoms with E-state index in [0.29, 0.717) is 6.42 Å². The number of hydrogen-bond acceptors (Lipinski definition) is 3. The highest BCUT2D eigenvalue weighted by molar-refractivity contribution is 9.10. The van der Waals surface area contributed by atoms with Crippen molar-refractivity contribution in [3.05, 3.63) is 63.6 Å². The van der Waals surface area contributed by atoms with E-state index >= 15 is 0 Å². The number of hydrogen-bond donors (Lipinski definition) is 0. The molecular formula is C23H26BrNO3. The molecule has 28 heavy (non-hydrogen) atoms. The Kier molecular flexibility index (Phi) is 5.41. The topological polar surface area (TPSA) is 46.6 Å². The normalized spacial score (nSPS) is 20.4. The number of rotatable bonds is 2. The van der Waals surface area contributed by atoms with Crippen LogP contribution in [0.1, 0.15) is 50.8 Å². The van der Waals surface area contributed by atoms with Crippen LogP contribution in [0.5, 0.6) is 0 Å². The molecule has 1 amide bonds. The van der Waals surface area contributed by atoms with Crippen LogP contribution < -0.4 is 4.90 Å². The third kappa shape index (κ3) is 3.48. The summed E-state index contributed by atoms with van der Waals surface area (Å²) in [5, 5.41) is 0. The minimum atomic E-state index is -0.811. The number of aryl methyl sites for hydroxylation is 1. The summed E-state index contributed by atoms with van der Waals surface area (Å²) in [6, 6.07) is 14.4. The molecule has 0 unspecified atom stereocenters. The molecule has 148 valence electrons. The Morgan fingerprint density at radius 1 is 1.11 bits per heavy atom. The molecule has 0 aromatic heterocycles. The van der Waals surface area contributed by atoms with Crippen LogP contribution in [0.4, 0.5) is 5.69 Å². The maximum Gasteiger partial charge on any atom is 0.397 e. The number of amides is 1. The van der Waals surface area contributed by atoms with Gasteiger partial charge in [0.15, 0.2) is 0 Å². The van der Waals surface area contributed by atoms with Gasteiger partial charge in [0.1, 0.15) is 0 Å². The third-order valence-electron chi connectivity index (χ3n) is 5.51. The molecule has 2 aromatic rings. The molecule has 1 aliphatic heterocycles. The van der Waals surface area contributed by atoms with Crippen LogP contribution in [-0.4, -0.2) is 24.0 Å². The lowest BCUT2D eigenvalue weighted by Gasteiger charge is -2.51. The first-order valence-electron chi connectivity index (χ1n) is 9.48. The largest absolute Gasteiger partial charge is 0.459 e. The van der Waals surface area contributed by atoms with Gasteiger partial charge in [-0.15, -0.1) is 0 Å². The highest BCUT2D eigenvalue weighted by Crippen LogP contribution is 2.50. The van der Waals surface area contributed by atoms with Crippen LogP contribution in [0.15, 0.2) is 46.9 Å². The fourth-order valence-electron chi connectivity index (χ4n) is 4.40. The molecule has 4 nitrogen and oxygen atoms in total. The Balaban J connectivity index is 2.21. The van der Waals surface area contributed by atoms with Crippen molar-refractivity contribution in [3.63, 3.8) is 0 Å². The second-order valence-electron chi connectivity index (χ2n) is 8.21. The lowest BCUT2D eigenvalue weighted by atomic mass is 9.65. The zero-order valence-electron chi connectivity index (χ0n) is 17.0. The van der Waals surface area contributed by atoms with Gasteiger partial charge in [-0.05, 0) is 63.4 Å². The number of anilines is 1. The Labute approximate surface area is 175 Å². The van der Waals surface area contributed by atoms with Gasteiger partial charge in [-0.1, -0.05) is 52.7 Å². The van der Waals surface area contributed by atoms with Gasteiger partial charge in [0.05, 0.1) is 6.61 Å². The number of carbonyl (C=O) groups is 2. The predicted octanol–water partition coefficient (Wildman–Crippen LogP) is 5.14. The highest BCUT2D eigenvalue weighted by Gasteiger charge is 2.49. The van der Waals surface area contributed by atoms with E-state index in [0.717, 1.165) is 21.3 Å². The average Bonchev–Trinajstić information content (AvgIpc) is 2.62. The van der Waals surface area contributed by atoms with Crippen LogP contribution in [0.25, 0.3) is 0 Å². The van der Waals surface area contributed by atoms with Gasteiger partial charge in [0, 0.05) is 21.1 Å². The molecule has 3 rings (SSSR count). The van der Waals surface area contributed by atoms with E-state index in [2.05, 4.69) is 41.1 Å². The molecule has 1 heterocycles. The van der Waals surface area contributed by atoms with Gasteiger partial charge in [-0.3, -0.25) is 9.69 Å². The summed E-state index contributed by atoms with van der Waals surface area (Å²) in [6.45, 7) is 10.1. The Morgan fingerprint density at radius 3 is 2.36 bits per heavy atom. The van der Waals surface area contributed by atoms with Gasteiger partial charge in [-0.2, -0.15) is 0 Å². The molecule has 0 fully saturated rings. The van der Waals surface area contributed by atoms with Crippen LogP contribution in [0.2, 0.25) is 0 Å². The molecule has 0 bridgehead atoms. The lowest BCUT2D eigenvalue weighted by molar-refractivity contribution is -0.153. The summed E-state index contributed by atoms with van der Waals surface area (Å²) < 4.78 is 6.03. The molecule has 2 aromatic carbocycles. The minimum Gasteiger partial charge on any atom is -0.459 e. The minimum absolute atomic E-state index is 0.177. The predicted molar refractivity (Wildman–Crippen MR) is 115 cm³/mol. The van der Waals surface area contributed by atoms with Crippen molar-refractivity contribution in [2.45, 2.75) is 52.0 Å². The van der Waals surface area contributed by atoms with Crippen LogP contribution in [0, 0.1) is 6.92 Å². The SMILES string of the molecule is CCOC(=O)C(=O)N1c2ccc(C)cc2[C@@](C)(c2ccc(Br)cc2)CC1(C)C. The molecule has 0 saturated heterocycles. The van der Waals surface area contributed by atoms with Crippen LogP contribution in [0.3, 0.4) is 0 Å². The van der Waals surface area contributed by atoms with Crippen LogP contribution >= 0.6 is 15.9 Å². The van der Waals surface area contributed by atoms with Gasteiger partial charge < -0.3 is 4.74 Å². The third-order valence-corrected chi connectivity index (χ3v) is 6.04. The first-order valence-corrected chi connectivity index (χ1v) is 10.3. The number of halogens is 1. The quantitative estimate of drug-likeness (QED) is 0.476. The Hall–Kier alpha value is -2.14. The second kappa shape index (κ2) is 7.36. The summed E-state index contributed by atoms with van der Waals surface area (Å²) in [7, 11) is 0. The summed E-state index contributed by atoms with van der Waals surface area (Å²) in [4.78, 5) is 26.9. The molecule has 1 aliphatic rings. The fraction of sp³-hybridized carbons (Fsp3) is 0.391. The maximum absolute atomic E-state index is 13.0. The number of benzene rings is 2. The fourth-order valence-corrected chi connectivity index (χ4v) is 4.66.